The molecule has 46 heavy (non-hydrogen) atoms. The van der Waals surface area contributed by atoms with E-state index in [0.717, 1.165) is 0 Å². The number of ether oxygens (including phenoxy) is 5. The lowest BCUT2D eigenvalue weighted by atomic mass is 9.98. The molecule has 0 saturated carbocycles. The van der Waals surface area contributed by atoms with E-state index in [0.29, 0.717) is 5.75 Å². The highest BCUT2D eigenvalue weighted by atomic mass is 32.3. The van der Waals surface area contributed by atoms with Crippen LogP contribution in [-0.4, -0.2) is 82.3 Å². The minimum absolute atomic E-state index is 0. The molecule has 0 aromatic heterocycles. The van der Waals surface area contributed by atoms with Crippen LogP contribution in [0.25, 0.3) is 0 Å². The third-order valence-electron chi connectivity index (χ3n) is 6.02. The maximum absolute atomic E-state index is 13.2. The molecule has 8 N–H and O–H groups in total. The van der Waals surface area contributed by atoms with Gasteiger partial charge in [0.15, 0.2) is 6.10 Å². The van der Waals surface area contributed by atoms with Gasteiger partial charge in [-0.3, -0.25) is 9.11 Å². The molecule has 19 heteroatoms. The van der Waals surface area contributed by atoms with E-state index in [1.807, 2.05) is 0 Å². The van der Waals surface area contributed by atoms with E-state index in [9.17, 15) is 31.0 Å². The van der Waals surface area contributed by atoms with Crippen molar-refractivity contribution in [2.45, 2.75) is 30.7 Å². The quantitative estimate of drug-likeness (QED) is 0.157. The first kappa shape index (κ1) is 38.0. The van der Waals surface area contributed by atoms with Gasteiger partial charge in [-0.05, 0) is 48.5 Å². The topological polar surface area (TPSA) is 277 Å². The van der Waals surface area contributed by atoms with Gasteiger partial charge in [-0.2, -0.15) is 16.8 Å². The van der Waals surface area contributed by atoms with E-state index in [1.54, 1.807) is 24.3 Å². The maximum atomic E-state index is 13.2. The van der Waals surface area contributed by atoms with Gasteiger partial charge in [0.2, 0.25) is 12.4 Å². The summed E-state index contributed by atoms with van der Waals surface area (Å²) in [5.74, 6) is -1.50. The van der Waals surface area contributed by atoms with E-state index in [1.165, 1.54) is 67.8 Å². The molecule has 17 nitrogen and oxygen atoms in total. The van der Waals surface area contributed by atoms with Crippen LogP contribution >= 0.6 is 0 Å². The zero-order chi connectivity index (χ0) is 31.9. The molecule has 4 rings (SSSR count). The van der Waals surface area contributed by atoms with Crippen molar-refractivity contribution in [3.63, 3.8) is 0 Å². The van der Waals surface area contributed by atoms with Crippen LogP contribution in [0.5, 0.6) is 11.5 Å². The Morgan fingerprint density at radius 3 is 1.63 bits per heavy atom. The molecule has 1 saturated heterocycles. The molecular weight excluding hydrogens is 656 g/mol. The zero-order valence-electron chi connectivity index (χ0n) is 24.1. The predicted octanol–water partition coefficient (Wildman–Crippen LogP) is 2.58. The number of benzene rings is 3. The molecule has 252 valence electrons. The van der Waals surface area contributed by atoms with Crippen LogP contribution < -0.4 is 21.8 Å². The van der Waals surface area contributed by atoms with Gasteiger partial charge in [-0.15, -0.1) is 0 Å². The number of rotatable bonds is 12. The Balaban J connectivity index is 0.00000368. The molecule has 5 atom stereocenters. The first-order chi connectivity index (χ1) is 20.8. The van der Waals surface area contributed by atoms with Crippen LogP contribution in [0, 0.1) is 0 Å². The maximum Gasteiger partial charge on any atom is 0.397 e. The largest absolute Gasteiger partial charge is 0.497 e. The van der Waals surface area contributed by atoms with E-state index in [2.05, 4.69) is 4.18 Å². The highest BCUT2D eigenvalue weighted by molar-refractivity contribution is 7.81. The number of esters is 2. The Labute approximate surface area is 264 Å². The molecule has 0 amide bonds. The molecule has 0 radical (unpaired) electrons. The smallest absolute Gasteiger partial charge is 0.397 e. The van der Waals surface area contributed by atoms with E-state index in [4.69, 9.17) is 32.4 Å². The van der Waals surface area contributed by atoms with Gasteiger partial charge in [-0.1, -0.05) is 36.4 Å². The molecule has 1 heterocycles. The molecule has 1 aliphatic heterocycles. The van der Waals surface area contributed by atoms with Gasteiger partial charge in [0.05, 0.1) is 24.8 Å². The van der Waals surface area contributed by atoms with Crippen molar-refractivity contribution < 1.29 is 67.6 Å². The Morgan fingerprint density at radius 2 is 1.17 bits per heavy atom. The number of methoxy groups -OCH3 is 1. The SMILES string of the molecule is COc1ccc(O[C@@H]2O[C@H](COS(=O)(=O)O)[C@@H](OS(=O)(=O)O)[C@H](OC(=O)c3ccccc3)[C@H]2OC(=O)c2ccccc2)cc1.N.N. The standard InChI is InChI=1S/C27H26O15S2.2H3N/c1-36-19-12-14-20(15-13-19)38-27-24(41-26(29)18-10-6-3-7-11-18)23(40-25(28)17-8-4-2-5-9-17)22(42-44(33,34)35)21(39-27)16-37-43(30,31)32;;/h2-15,21-24,27H,16H2,1H3,(H,30,31,32)(H,33,34,35);2*1H3/t21-,22-,23+,24-,27-;;/m1../s1. The summed E-state index contributed by atoms with van der Waals surface area (Å²) in [6.45, 7) is -1.12. The molecule has 1 fully saturated rings. The summed E-state index contributed by atoms with van der Waals surface area (Å²) in [7, 11) is -9.06. The Hall–Kier alpha value is -4.18. The van der Waals surface area contributed by atoms with E-state index >= 15 is 0 Å². The molecule has 1 aliphatic rings. The number of carbonyl (C=O) groups excluding carboxylic acids is 2. The minimum Gasteiger partial charge on any atom is -0.497 e. The Kier molecular flexibility index (Phi) is 13.6. The van der Waals surface area contributed by atoms with E-state index < -0.39 is 70.0 Å². The molecule has 0 bridgehead atoms. The molecule has 3 aromatic rings. The number of hydrogen-bond donors (Lipinski definition) is 4. The Morgan fingerprint density at radius 1 is 0.696 bits per heavy atom. The minimum atomic E-state index is -5.37. The summed E-state index contributed by atoms with van der Waals surface area (Å²) in [5.41, 5.74) is 0.0176. The molecule has 0 aliphatic carbocycles. The fourth-order valence-corrected chi connectivity index (χ4v) is 4.92. The highest BCUT2D eigenvalue weighted by Crippen LogP contribution is 2.33. The molecular formula is C27H32N2O15S2. The fraction of sp³-hybridized carbons (Fsp3) is 0.259. The summed E-state index contributed by atoms with van der Waals surface area (Å²) in [4.78, 5) is 26.4. The number of hydrogen-bond acceptors (Lipinski definition) is 15. The van der Waals surface area contributed by atoms with Crippen molar-refractivity contribution in [3.8, 4) is 11.5 Å². The normalized spacial score (nSPS) is 21.1. The van der Waals surface area contributed by atoms with Crippen LogP contribution in [0.2, 0.25) is 0 Å². The summed E-state index contributed by atoms with van der Waals surface area (Å²) in [5, 5.41) is 0. The van der Waals surface area contributed by atoms with Gasteiger partial charge in [0.1, 0.15) is 23.7 Å². The first-order valence-electron chi connectivity index (χ1n) is 12.6. The van der Waals surface area contributed by atoms with Crippen LogP contribution in [0.15, 0.2) is 84.9 Å². The van der Waals surface area contributed by atoms with Crippen LogP contribution in [-0.2, 0) is 43.4 Å². The van der Waals surface area contributed by atoms with Crippen molar-refractivity contribution in [1.82, 2.24) is 12.3 Å². The average molecular weight is 689 g/mol. The average Bonchev–Trinajstić information content (AvgIpc) is 2.99. The van der Waals surface area contributed by atoms with Crippen molar-refractivity contribution in [2.75, 3.05) is 13.7 Å². The monoisotopic (exact) mass is 688 g/mol. The third-order valence-corrected chi connectivity index (χ3v) is 6.92. The van der Waals surface area contributed by atoms with E-state index in [-0.39, 0.29) is 29.2 Å². The van der Waals surface area contributed by atoms with Crippen molar-refractivity contribution in [1.29, 1.82) is 0 Å². The number of carbonyl (C=O) groups is 2. The molecule has 3 aromatic carbocycles. The van der Waals surface area contributed by atoms with Gasteiger partial charge >= 0.3 is 32.7 Å². The van der Waals surface area contributed by atoms with Gasteiger partial charge in [0.25, 0.3) is 0 Å². The summed E-state index contributed by atoms with van der Waals surface area (Å²) >= 11 is 0. The molecule has 0 spiro atoms. The van der Waals surface area contributed by atoms with Crippen LogP contribution in [0.3, 0.4) is 0 Å². The second kappa shape index (κ2) is 16.4. The zero-order valence-corrected chi connectivity index (χ0v) is 25.7. The van der Waals surface area contributed by atoms with Gasteiger partial charge < -0.3 is 36.0 Å². The molecule has 0 unspecified atom stereocenters. The van der Waals surface area contributed by atoms with Crippen molar-refractivity contribution in [3.05, 3.63) is 96.1 Å². The second-order valence-electron chi connectivity index (χ2n) is 9.01. The van der Waals surface area contributed by atoms with Crippen molar-refractivity contribution in [2.24, 2.45) is 0 Å². The van der Waals surface area contributed by atoms with Gasteiger partial charge in [-0.25, -0.2) is 18.0 Å². The summed E-state index contributed by atoms with van der Waals surface area (Å²) in [6, 6.07) is 20.8. The predicted molar refractivity (Wildman–Crippen MR) is 158 cm³/mol. The van der Waals surface area contributed by atoms with Crippen LogP contribution in [0.1, 0.15) is 20.7 Å². The first-order valence-corrected chi connectivity index (χ1v) is 15.3. The third kappa shape index (κ3) is 10.7. The fourth-order valence-electron chi connectivity index (χ4n) is 4.10. The highest BCUT2D eigenvalue weighted by Gasteiger charge is 2.54. The summed E-state index contributed by atoms with van der Waals surface area (Å²) < 4.78 is 102. The lowest BCUT2D eigenvalue weighted by molar-refractivity contribution is -0.270. The van der Waals surface area contributed by atoms with Gasteiger partial charge in [0, 0.05) is 0 Å². The lowest BCUT2D eigenvalue weighted by Gasteiger charge is -2.43. The van der Waals surface area contributed by atoms with Crippen molar-refractivity contribution >= 4 is 32.7 Å². The van der Waals surface area contributed by atoms with Crippen LogP contribution in [0.4, 0.5) is 0 Å². The second-order valence-corrected chi connectivity index (χ2v) is 11.1. The summed E-state index contributed by atoms with van der Waals surface area (Å²) in [6.07, 6.45) is -9.47. The Bertz CT molecular complexity index is 1640. The lowest BCUT2D eigenvalue weighted by Crippen LogP contribution is -2.63.